The summed E-state index contributed by atoms with van der Waals surface area (Å²) in [6.07, 6.45) is 5.95. The zero-order valence-corrected chi connectivity index (χ0v) is 20.3. The van der Waals surface area contributed by atoms with Crippen LogP contribution < -0.4 is 5.73 Å². The van der Waals surface area contributed by atoms with E-state index >= 15 is 0 Å². The second-order valence-corrected chi connectivity index (χ2v) is 9.43. The lowest BCUT2D eigenvalue weighted by Crippen LogP contribution is -2.60. The quantitative estimate of drug-likeness (QED) is 0.133. The van der Waals surface area contributed by atoms with Gasteiger partial charge >= 0.3 is 0 Å². The molecule has 1 saturated heterocycles. The van der Waals surface area contributed by atoms with Crippen LogP contribution in [-0.2, 0) is 9.47 Å². The van der Waals surface area contributed by atoms with Gasteiger partial charge in [-0.2, -0.15) is 0 Å². The average molecular weight is 480 g/mol. The van der Waals surface area contributed by atoms with Crippen LogP contribution in [0.15, 0.2) is 0 Å². The molecule has 0 amide bonds. The Kier molecular flexibility index (Phi) is 16.7. The number of unbranched alkanes of at least 4 members (excludes halogenated alkanes) is 11. The van der Waals surface area contributed by atoms with Crippen molar-refractivity contribution >= 4 is 0 Å². The Labute approximate surface area is 198 Å². The fourth-order valence-electron chi connectivity index (χ4n) is 4.16. The Morgan fingerprint density at radius 2 is 1.30 bits per heavy atom. The third kappa shape index (κ3) is 11.7. The van der Waals surface area contributed by atoms with Gasteiger partial charge in [0.05, 0.1) is 31.5 Å². The van der Waals surface area contributed by atoms with Gasteiger partial charge in [-0.05, 0) is 6.42 Å². The molecule has 1 heterocycles. The zero-order valence-electron chi connectivity index (χ0n) is 20.3. The first-order valence-corrected chi connectivity index (χ1v) is 12.9. The number of aliphatic hydroxyl groups is 6. The van der Waals surface area contributed by atoms with Crippen molar-refractivity contribution in [3.63, 3.8) is 0 Å². The summed E-state index contributed by atoms with van der Waals surface area (Å²) >= 11 is 0. The summed E-state index contributed by atoms with van der Waals surface area (Å²) in [5.74, 6) is 0. The molecule has 9 nitrogen and oxygen atoms in total. The van der Waals surface area contributed by atoms with Gasteiger partial charge in [0.25, 0.3) is 0 Å². The maximum absolute atomic E-state index is 10.3. The lowest BCUT2D eigenvalue weighted by molar-refractivity contribution is -0.302. The van der Waals surface area contributed by atoms with Gasteiger partial charge in [0.2, 0.25) is 0 Å². The monoisotopic (exact) mass is 479 g/mol. The molecule has 1 fully saturated rings. The number of hydrogen-bond acceptors (Lipinski definition) is 9. The average Bonchev–Trinajstić information content (AvgIpc) is 2.82. The van der Waals surface area contributed by atoms with Crippen LogP contribution in [0.25, 0.3) is 0 Å². The number of rotatable bonds is 19. The van der Waals surface area contributed by atoms with Gasteiger partial charge in [0.1, 0.15) is 24.4 Å². The molecule has 1 aliphatic rings. The summed E-state index contributed by atoms with van der Waals surface area (Å²) in [7, 11) is 0. The van der Waals surface area contributed by atoms with E-state index in [2.05, 4.69) is 6.92 Å². The third-order valence-corrected chi connectivity index (χ3v) is 6.49. The van der Waals surface area contributed by atoms with Crippen molar-refractivity contribution in [3.05, 3.63) is 0 Å². The standard InChI is InChI=1S/C24H49NO8/c1-2-3-4-5-6-7-8-9-10-11-12-13-14-18(27)20(28)17(25)16-32-24-23(31)22(30)21(29)19(15-26)33-24/h17-24,26-31H,2-16,25H2,1H3/t17?,18?,19-,20?,21+,22+,23-,24-/m1/s1. The zero-order chi connectivity index (χ0) is 24.6. The molecule has 8 N–H and O–H groups in total. The van der Waals surface area contributed by atoms with Crippen molar-refractivity contribution in [2.45, 2.75) is 139 Å². The largest absolute Gasteiger partial charge is 0.394 e. The van der Waals surface area contributed by atoms with Crippen LogP contribution in [-0.4, -0.2) is 92.8 Å². The van der Waals surface area contributed by atoms with Crippen LogP contribution >= 0.6 is 0 Å². The van der Waals surface area contributed by atoms with Crippen molar-refractivity contribution < 1.29 is 40.1 Å². The molecule has 33 heavy (non-hydrogen) atoms. The van der Waals surface area contributed by atoms with E-state index in [0.717, 1.165) is 19.3 Å². The highest BCUT2D eigenvalue weighted by molar-refractivity contribution is 4.89. The van der Waals surface area contributed by atoms with Crippen molar-refractivity contribution in [2.24, 2.45) is 5.73 Å². The molecule has 0 aromatic rings. The predicted octanol–water partition coefficient (Wildman–Crippen LogP) is 0.943. The van der Waals surface area contributed by atoms with Gasteiger partial charge in [-0.3, -0.25) is 0 Å². The lowest BCUT2D eigenvalue weighted by atomic mass is 9.99. The second kappa shape index (κ2) is 18.0. The van der Waals surface area contributed by atoms with Crippen molar-refractivity contribution in [2.75, 3.05) is 13.2 Å². The van der Waals surface area contributed by atoms with Crippen LogP contribution in [0.5, 0.6) is 0 Å². The molecule has 0 saturated carbocycles. The summed E-state index contributed by atoms with van der Waals surface area (Å²) in [4.78, 5) is 0. The molecule has 0 bridgehead atoms. The van der Waals surface area contributed by atoms with Crippen molar-refractivity contribution in [1.82, 2.24) is 0 Å². The fraction of sp³-hybridized carbons (Fsp3) is 1.00. The molecule has 0 aliphatic carbocycles. The number of nitrogens with two attached hydrogens (primary N) is 1. The Hall–Kier alpha value is -0.360. The molecule has 0 aromatic heterocycles. The minimum atomic E-state index is -1.54. The highest BCUT2D eigenvalue weighted by Crippen LogP contribution is 2.22. The van der Waals surface area contributed by atoms with E-state index in [1.165, 1.54) is 57.8 Å². The van der Waals surface area contributed by atoms with Crippen LogP contribution in [0.4, 0.5) is 0 Å². The summed E-state index contributed by atoms with van der Waals surface area (Å²) in [5.41, 5.74) is 5.91. The molecular weight excluding hydrogens is 430 g/mol. The SMILES string of the molecule is CCCCCCCCCCCCCCC(O)C(O)C(N)CO[C@@H]1O[C@H](CO)[C@H](O)[C@H](O)[C@H]1O. The van der Waals surface area contributed by atoms with E-state index in [-0.39, 0.29) is 6.61 Å². The van der Waals surface area contributed by atoms with Crippen LogP contribution in [0.1, 0.15) is 90.4 Å². The van der Waals surface area contributed by atoms with Crippen LogP contribution in [0.3, 0.4) is 0 Å². The van der Waals surface area contributed by atoms with Crippen LogP contribution in [0, 0.1) is 0 Å². The first kappa shape index (κ1) is 30.7. The van der Waals surface area contributed by atoms with Gasteiger partial charge in [-0.1, -0.05) is 84.0 Å². The summed E-state index contributed by atoms with van der Waals surface area (Å²) in [6.45, 7) is 1.44. The fourth-order valence-corrected chi connectivity index (χ4v) is 4.16. The van der Waals surface area contributed by atoms with E-state index in [1.54, 1.807) is 0 Å². The van der Waals surface area contributed by atoms with E-state index < -0.39 is 55.6 Å². The number of hydrogen-bond donors (Lipinski definition) is 7. The summed E-state index contributed by atoms with van der Waals surface area (Å²) < 4.78 is 10.6. The smallest absolute Gasteiger partial charge is 0.186 e. The Balaban J connectivity index is 2.12. The first-order chi connectivity index (χ1) is 15.8. The first-order valence-electron chi connectivity index (χ1n) is 12.9. The topological polar surface area (TPSA) is 166 Å². The Morgan fingerprint density at radius 3 is 1.82 bits per heavy atom. The van der Waals surface area contributed by atoms with Crippen molar-refractivity contribution in [1.29, 1.82) is 0 Å². The number of ether oxygens (including phenoxy) is 2. The van der Waals surface area contributed by atoms with Crippen molar-refractivity contribution in [3.8, 4) is 0 Å². The van der Waals surface area contributed by atoms with Gasteiger partial charge in [-0.25, -0.2) is 0 Å². The Morgan fingerprint density at radius 1 is 0.788 bits per heavy atom. The molecule has 9 heteroatoms. The minimum Gasteiger partial charge on any atom is -0.394 e. The normalized spacial score (nSPS) is 28.5. The maximum Gasteiger partial charge on any atom is 0.186 e. The Bertz CT molecular complexity index is 470. The predicted molar refractivity (Wildman–Crippen MR) is 125 cm³/mol. The highest BCUT2D eigenvalue weighted by atomic mass is 16.7. The van der Waals surface area contributed by atoms with Gasteiger partial charge < -0.3 is 45.8 Å². The van der Waals surface area contributed by atoms with Gasteiger partial charge in [-0.15, -0.1) is 0 Å². The molecular formula is C24H49NO8. The van der Waals surface area contributed by atoms with Gasteiger partial charge in [0.15, 0.2) is 6.29 Å². The number of aliphatic hydroxyl groups excluding tert-OH is 6. The van der Waals surface area contributed by atoms with E-state index in [1.807, 2.05) is 0 Å². The molecule has 0 spiro atoms. The molecule has 8 atom stereocenters. The molecule has 1 aliphatic heterocycles. The highest BCUT2D eigenvalue weighted by Gasteiger charge is 2.44. The maximum atomic E-state index is 10.3. The minimum absolute atomic E-state index is 0.237. The van der Waals surface area contributed by atoms with Gasteiger partial charge in [0, 0.05) is 0 Å². The second-order valence-electron chi connectivity index (χ2n) is 9.43. The summed E-state index contributed by atoms with van der Waals surface area (Å²) in [5, 5.41) is 59.2. The van der Waals surface area contributed by atoms with E-state index in [0.29, 0.717) is 6.42 Å². The van der Waals surface area contributed by atoms with E-state index in [4.69, 9.17) is 15.2 Å². The van der Waals surface area contributed by atoms with E-state index in [9.17, 15) is 30.6 Å². The molecule has 1 rings (SSSR count). The van der Waals surface area contributed by atoms with Crippen LogP contribution in [0.2, 0.25) is 0 Å². The molecule has 198 valence electrons. The third-order valence-electron chi connectivity index (χ3n) is 6.49. The molecule has 3 unspecified atom stereocenters. The lowest BCUT2D eigenvalue weighted by Gasteiger charge is -2.40. The molecule has 0 radical (unpaired) electrons. The summed E-state index contributed by atoms with van der Waals surface area (Å²) in [6, 6.07) is -0.926. The molecule has 0 aromatic carbocycles.